The van der Waals surface area contributed by atoms with Gasteiger partial charge in [-0.15, -0.1) is 0 Å². The van der Waals surface area contributed by atoms with Crippen molar-refractivity contribution in [3.05, 3.63) is 41.3 Å². The minimum Gasteiger partial charge on any atom is -0.454 e. The van der Waals surface area contributed by atoms with Gasteiger partial charge in [0.05, 0.1) is 0 Å². The molecule has 2 heterocycles. The van der Waals surface area contributed by atoms with E-state index in [1.165, 1.54) is 6.33 Å². The SMILES string of the molecule is Clc1cc(NCCc2cccc3c2OCO3)ncn1. The second-order valence-corrected chi connectivity index (χ2v) is 4.44. The quantitative estimate of drug-likeness (QED) is 0.870. The molecule has 0 fully saturated rings. The second kappa shape index (κ2) is 5.32. The molecule has 0 unspecified atom stereocenters. The summed E-state index contributed by atoms with van der Waals surface area (Å²) in [5.74, 6) is 2.36. The van der Waals surface area contributed by atoms with Crippen molar-refractivity contribution in [2.75, 3.05) is 18.7 Å². The smallest absolute Gasteiger partial charge is 0.231 e. The van der Waals surface area contributed by atoms with Crippen LogP contribution in [0, 0.1) is 0 Å². The molecule has 6 heteroatoms. The Balaban J connectivity index is 1.63. The molecule has 1 aromatic carbocycles. The third-order valence-electron chi connectivity index (χ3n) is 2.81. The van der Waals surface area contributed by atoms with Crippen molar-refractivity contribution in [3.8, 4) is 11.5 Å². The van der Waals surface area contributed by atoms with Gasteiger partial charge in [0.25, 0.3) is 0 Å². The van der Waals surface area contributed by atoms with Crippen LogP contribution in [-0.4, -0.2) is 23.3 Å². The summed E-state index contributed by atoms with van der Waals surface area (Å²) in [6.45, 7) is 1.02. The minimum absolute atomic E-state index is 0.293. The highest BCUT2D eigenvalue weighted by Gasteiger charge is 2.16. The van der Waals surface area contributed by atoms with Gasteiger partial charge in [-0.2, -0.15) is 0 Å². The zero-order valence-electron chi connectivity index (χ0n) is 10.1. The zero-order chi connectivity index (χ0) is 13.1. The number of para-hydroxylation sites is 1. The van der Waals surface area contributed by atoms with Crippen molar-refractivity contribution in [1.82, 2.24) is 9.97 Å². The number of rotatable bonds is 4. The number of aromatic nitrogens is 2. The fourth-order valence-corrected chi connectivity index (χ4v) is 2.09. The third kappa shape index (κ3) is 2.71. The van der Waals surface area contributed by atoms with Crippen LogP contribution in [0.3, 0.4) is 0 Å². The Hall–Kier alpha value is -2.01. The number of hydrogen-bond acceptors (Lipinski definition) is 5. The lowest BCUT2D eigenvalue weighted by molar-refractivity contribution is 0.173. The first-order valence-electron chi connectivity index (χ1n) is 5.92. The van der Waals surface area contributed by atoms with Crippen LogP contribution in [0.5, 0.6) is 11.5 Å². The summed E-state index contributed by atoms with van der Waals surface area (Å²) in [4.78, 5) is 7.91. The molecule has 0 spiro atoms. The molecule has 1 aliphatic heterocycles. The van der Waals surface area contributed by atoms with Gasteiger partial charge < -0.3 is 14.8 Å². The predicted octanol–water partition coefficient (Wildman–Crippen LogP) is 2.51. The van der Waals surface area contributed by atoms with E-state index < -0.39 is 0 Å². The number of nitrogens with one attached hydrogen (secondary N) is 1. The van der Waals surface area contributed by atoms with E-state index in [4.69, 9.17) is 21.1 Å². The largest absolute Gasteiger partial charge is 0.454 e. The average molecular weight is 278 g/mol. The van der Waals surface area contributed by atoms with Crippen molar-refractivity contribution in [2.45, 2.75) is 6.42 Å². The number of anilines is 1. The Bertz CT molecular complexity index is 592. The van der Waals surface area contributed by atoms with Crippen molar-refractivity contribution in [3.63, 3.8) is 0 Å². The van der Waals surface area contributed by atoms with Crippen LogP contribution in [0.15, 0.2) is 30.6 Å². The average Bonchev–Trinajstić information content (AvgIpc) is 2.88. The molecule has 5 nitrogen and oxygen atoms in total. The molecule has 0 saturated heterocycles. The van der Waals surface area contributed by atoms with E-state index in [0.29, 0.717) is 17.8 Å². The van der Waals surface area contributed by atoms with Crippen LogP contribution in [0.2, 0.25) is 5.15 Å². The highest BCUT2D eigenvalue weighted by atomic mass is 35.5. The summed E-state index contributed by atoms with van der Waals surface area (Å²) in [7, 11) is 0. The van der Waals surface area contributed by atoms with Crippen molar-refractivity contribution < 1.29 is 9.47 Å². The maximum absolute atomic E-state index is 5.79. The Morgan fingerprint density at radius 1 is 1.26 bits per heavy atom. The predicted molar refractivity (Wildman–Crippen MR) is 71.8 cm³/mol. The summed E-state index contributed by atoms with van der Waals surface area (Å²) in [5.41, 5.74) is 1.11. The lowest BCUT2D eigenvalue weighted by atomic mass is 10.1. The van der Waals surface area contributed by atoms with Crippen LogP contribution in [0.25, 0.3) is 0 Å². The zero-order valence-corrected chi connectivity index (χ0v) is 10.9. The molecule has 3 rings (SSSR count). The van der Waals surface area contributed by atoms with Crippen LogP contribution in [0.1, 0.15) is 5.56 Å². The van der Waals surface area contributed by atoms with Gasteiger partial charge in [0.15, 0.2) is 11.5 Å². The van der Waals surface area contributed by atoms with E-state index in [0.717, 1.165) is 30.0 Å². The maximum atomic E-state index is 5.79. The molecule has 0 amide bonds. The fourth-order valence-electron chi connectivity index (χ4n) is 1.94. The normalized spacial score (nSPS) is 12.5. The number of nitrogens with zero attached hydrogens (tertiary/aromatic N) is 2. The van der Waals surface area contributed by atoms with E-state index in [2.05, 4.69) is 15.3 Å². The number of hydrogen-bond donors (Lipinski definition) is 1. The Morgan fingerprint density at radius 3 is 3.11 bits per heavy atom. The second-order valence-electron chi connectivity index (χ2n) is 4.05. The van der Waals surface area contributed by atoms with Gasteiger partial charge in [0.2, 0.25) is 6.79 Å². The molecule has 98 valence electrons. The molecular weight excluding hydrogens is 266 g/mol. The summed E-state index contributed by atoms with van der Waals surface area (Å²) < 4.78 is 10.8. The first-order chi connectivity index (χ1) is 9.33. The lowest BCUT2D eigenvalue weighted by Gasteiger charge is -2.07. The van der Waals surface area contributed by atoms with E-state index >= 15 is 0 Å². The first-order valence-corrected chi connectivity index (χ1v) is 6.29. The van der Waals surface area contributed by atoms with E-state index in [1.807, 2.05) is 18.2 Å². The highest BCUT2D eigenvalue weighted by Crippen LogP contribution is 2.35. The molecule has 0 radical (unpaired) electrons. The molecule has 1 aromatic heterocycles. The van der Waals surface area contributed by atoms with Gasteiger partial charge >= 0.3 is 0 Å². The Labute approximate surface area is 115 Å². The fraction of sp³-hybridized carbons (Fsp3) is 0.231. The van der Waals surface area contributed by atoms with E-state index in [9.17, 15) is 0 Å². The Morgan fingerprint density at radius 2 is 2.21 bits per heavy atom. The van der Waals surface area contributed by atoms with Crippen molar-refractivity contribution in [2.24, 2.45) is 0 Å². The number of ether oxygens (including phenoxy) is 2. The van der Waals surface area contributed by atoms with E-state index in [1.54, 1.807) is 6.07 Å². The standard InChI is InChI=1S/C13H12ClN3O2/c14-11-6-12(17-7-16-11)15-5-4-9-2-1-3-10-13(9)19-8-18-10/h1-3,6-7H,4-5,8H2,(H,15,16,17). The monoisotopic (exact) mass is 277 g/mol. The molecule has 2 aromatic rings. The molecule has 1 N–H and O–H groups in total. The van der Waals surface area contributed by atoms with Gasteiger partial charge in [-0.25, -0.2) is 9.97 Å². The molecule has 0 atom stereocenters. The molecule has 1 aliphatic rings. The van der Waals surface area contributed by atoms with Gasteiger partial charge in [-0.05, 0) is 18.1 Å². The van der Waals surface area contributed by atoms with E-state index in [-0.39, 0.29) is 0 Å². The molecule has 0 saturated carbocycles. The number of benzene rings is 1. The molecule has 0 aliphatic carbocycles. The van der Waals surface area contributed by atoms with Crippen LogP contribution < -0.4 is 14.8 Å². The molecular formula is C13H12ClN3O2. The van der Waals surface area contributed by atoms with Gasteiger partial charge in [-0.1, -0.05) is 23.7 Å². The summed E-state index contributed by atoms with van der Waals surface area (Å²) in [6.07, 6.45) is 2.25. The number of fused-ring (bicyclic) bond motifs is 1. The summed E-state index contributed by atoms with van der Waals surface area (Å²) in [6, 6.07) is 7.59. The third-order valence-corrected chi connectivity index (χ3v) is 3.02. The van der Waals surface area contributed by atoms with Crippen LogP contribution in [0.4, 0.5) is 5.82 Å². The summed E-state index contributed by atoms with van der Waals surface area (Å²) in [5, 5.41) is 3.62. The van der Waals surface area contributed by atoms with Crippen molar-refractivity contribution >= 4 is 17.4 Å². The van der Waals surface area contributed by atoms with Gasteiger partial charge in [-0.3, -0.25) is 0 Å². The lowest BCUT2D eigenvalue weighted by Crippen LogP contribution is -2.07. The Kier molecular flexibility index (Phi) is 3.37. The van der Waals surface area contributed by atoms with Gasteiger partial charge in [0.1, 0.15) is 17.3 Å². The number of halogens is 1. The van der Waals surface area contributed by atoms with Gasteiger partial charge in [0, 0.05) is 12.6 Å². The minimum atomic E-state index is 0.293. The summed E-state index contributed by atoms with van der Waals surface area (Å²) >= 11 is 5.79. The van der Waals surface area contributed by atoms with Crippen LogP contribution in [-0.2, 0) is 6.42 Å². The first kappa shape index (κ1) is 12.0. The van der Waals surface area contributed by atoms with Crippen molar-refractivity contribution in [1.29, 1.82) is 0 Å². The molecule has 0 bridgehead atoms. The maximum Gasteiger partial charge on any atom is 0.231 e. The topological polar surface area (TPSA) is 56.3 Å². The molecule has 19 heavy (non-hydrogen) atoms. The highest BCUT2D eigenvalue weighted by molar-refractivity contribution is 6.29. The van der Waals surface area contributed by atoms with Crippen LogP contribution >= 0.6 is 11.6 Å².